The van der Waals surface area contributed by atoms with Gasteiger partial charge in [0.15, 0.2) is 11.5 Å². The Labute approximate surface area is 195 Å². The van der Waals surface area contributed by atoms with Gasteiger partial charge in [-0.25, -0.2) is 9.50 Å². The van der Waals surface area contributed by atoms with E-state index in [1.165, 1.54) is 10.9 Å². The molecule has 7 nitrogen and oxygen atoms in total. The van der Waals surface area contributed by atoms with Crippen LogP contribution in [0.1, 0.15) is 46.1 Å². The van der Waals surface area contributed by atoms with E-state index in [2.05, 4.69) is 20.5 Å². The minimum atomic E-state index is -4.65. The highest BCUT2D eigenvalue weighted by Crippen LogP contribution is 2.41. The molecule has 170 valence electrons. The summed E-state index contributed by atoms with van der Waals surface area (Å²) in [6, 6.07) is 8.20. The molecule has 1 aromatic carbocycles. The van der Waals surface area contributed by atoms with E-state index in [1.54, 1.807) is 12.1 Å². The number of anilines is 1. The number of benzene rings is 1. The molecule has 0 saturated heterocycles. The van der Waals surface area contributed by atoms with Crippen LogP contribution in [0.5, 0.6) is 0 Å². The molecule has 1 amide bonds. The van der Waals surface area contributed by atoms with Gasteiger partial charge >= 0.3 is 6.18 Å². The number of fused-ring (bicyclic) bond motifs is 1. The van der Waals surface area contributed by atoms with Crippen LogP contribution >= 0.6 is 23.2 Å². The Morgan fingerprint density at radius 2 is 1.94 bits per heavy atom. The summed E-state index contributed by atoms with van der Waals surface area (Å²) >= 11 is 12.4. The molecule has 1 aliphatic carbocycles. The summed E-state index contributed by atoms with van der Waals surface area (Å²) in [7, 11) is 0. The molecular formula is C21H15Cl2F3N6O. The maximum atomic E-state index is 13.6. The molecule has 3 heterocycles. The number of hydrogen-bond acceptors (Lipinski definition) is 4. The third kappa shape index (κ3) is 4.28. The van der Waals surface area contributed by atoms with Gasteiger partial charge in [0.25, 0.3) is 5.91 Å². The smallest absolute Gasteiger partial charge is 0.304 e. The molecule has 1 aliphatic rings. The predicted octanol–water partition coefficient (Wildman–Crippen LogP) is 5.43. The summed E-state index contributed by atoms with van der Waals surface area (Å²) in [6.45, 7) is 0.313. The van der Waals surface area contributed by atoms with Crippen LogP contribution in [-0.4, -0.2) is 30.3 Å². The van der Waals surface area contributed by atoms with Crippen molar-refractivity contribution in [3.63, 3.8) is 0 Å². The highest BCUT2D eigenvalue weighted by atomic mass is 35.5. The minimum absolute atomic E-state index is 0.0446. The third-order valence-electron chi connectivity index (χ3n) is 5.26. The van der Waals surface area contributed by atoms with Crippen molar-refractivity contribution in [2.75, 3.05) is 5.32 Å². The van der Waals surface area contributed by atoms with Gasteiger partial charge in [-0.2, -0.15) is 23.4 Å². The summed E-state index contributed by atoms with van der Waals surface area (Å²) in [5.74, 6) is -0.706. The van der Waals surface area contributed by atoms with Crippen LogP contribution in [0.2, 0.25) is 10.0 Å². The normalized spacial score (nSPS) is 14.1. The first-order chi connectivity index (χ1) is 15.7. The van der Waals surface area contributed by atoms with Crippen molar-refractivity contribution in [2.45, 2.75) is 31.5 Å². The Morgan fingerprint density at radius 1 is 1.18 bits per heavy atom. The van der Waals surface area contributed by atoms with Crippen LogP contribution in [0.15, 0.2) is 42.7 Å². The second-order valence-corrected chi connectivity index (χ2v) is 8.52. The first-order valence-corrected chi connectivity index (χ1v) is 10.7. The molecule has 12 heteroatoms. The molecule has 0 radical (unpaired) electrons. The zero-order valence-electron chi connectivity index (χ0n) is 16.8. The molecule has 5 rings (SSSR count). The zero-order valence-corrected chi connectivity index (χ0v) is 18.3. The van der Waals surface area contributed by atoms with Gasteiger partial charge < -0.3 is 5.32 Å². The molecule has 1 fully saturated rings. The van der Waals surface area contributed by atoms with E-state index in [4.69, 9.17) is 23.2 Å². The molecule has 0 bridgehead atoms. The monoisotopic (exact) mass is 494 g/mol. The average Bonchev–Trinajstić information content (AvgIpc) is 3.43. The second kappa shape index (κ2) is 8.03. The van der Waals surface area contributed by atoms with Gasteiger partial charge in [-0.1, -0.05) is 41.4 Å². The average molecular weight is 495 g/mol. The van der Waals surface area contributed by atoms with Crippen LogP contribution in [0.4, 0.5) is 19.0 Å². The topological polar surface area (TPSA) is 77.1 Å². The van der Waals surface area contributed by atoms with Crippen LogP contribution < -0.4 is 5.32 Å². The molecule has 3 aromatic heterocycles. The number of nitrogens with zero attached hydrogens (tertiary/aromatic N) is 5. The Balaban J connectivity index is 1.45. The van der Waals surface area contributed by atoms with Crippen molar-refractivity contribution >= 4 is 40.6 Å². The van der Waals surface area contributed by atoms with E-state index in [-0.39, 0.29) is 28.0 Å². The Kier molecular flexibility index (Phi) is 5.29. The summed E-state index contributed by atoms with van der Waals surface area (Å²) in [5.41, 5.74) is -0.159. The minimum Gasteiger partial charge on any atom is -0.304 e. The molecular weight excluding hydrogens is 480 g/mol. The van der Waals surface area contributed by atoms with Crippen molar-refractivity contribution in [1.29, 1.82) is 0 Å². The lowest BCUT2D eigenvalue weighted by Gasteiger charge is -2.11. The Morgan fingerprint density at radius 3 is 2.64 bits per heavy atom. The highest BCUT2D eigenvalue weighted by molar-refractivity contribution is 6.33. The third-order valence-corrected chi connectivity index (χ3v) is 5.91. The number of carbonyl (C=O) groups excluding carboxylic acids is 1. The number of aromatic nitrogens is 5. The number of alkyl halides is 3. The number of carbonyl (C=O) groups is 1. The van der Waals surface area contributed by atoms with Crippen molar-refractivity contribution in [2.24, 2.45) is 0 Å². The zero-order chi connectivity index (χ0) is 23.3. The van der Waals surface area contributed by atoms with Crippen molar-refractivity contribution in [3.05, 3.63) is 75.3 Å². The van der Waals surface area contributed by atoms with E-state index < -0.39 is 17.8 Å². The van der Waals surface area contributed by atoms with Crippen LogP contribution in [0.3, 0.4) is 0 Å². The molecule has 4 aromatic rings. The van der Waals surface area contributed by atoms with Crippen molar-refractivity contribution in [1.82, 2.24) is 24.4 Å². The maximum Gasteiger partial charge on any atom is 0.433 e. The van der Waals surface area contributed by atoms with E-state index in [1.807, 2.05) is 12.1 Å². The summed E-state index contributed by atoms with van der Waals surface area (Å²) in [6.07, 6.45) is -0.561. The van der Waals surface area contributed by atoms with Crippen LogP contribution in [0.25, 0.3) is 5.65 Å². The quantitative estimate of drug-likeness (QED) is 0.401. The maximum absolute atomic E-state index is 13.6. The molecule has 1 saturated carbocycles. The highest BCUT2D eigenvalue weighted by Gasteiger charge is 2.38. The standard InChI is InChI=1S/C21H15Cl2F3N6O/c22-14-4-2-1-3-12(14)9-31-10-15(23)18(30-31)29-20(33)13-8-27-32-17(21(24,25)26)7-16(11-5-6-11)28-19(13)32/h1-4,7-8,10-11H,5-6,9H2,(H,29,30,33). The largest absolute Gasteiger partial charge is 0.433 e. The van der Waals surface area contributed by atoms with Gasteiger partial charge in [-0.15, -0.1) is 0 Å². The summed E-state index contributed by atoms with van der Waals surface area (Å²) < 4.78 is 42.9. The van der Waals surface area contributed by atoms with Crippen molar-refractivity contribution < 1.29 is 18.0 Å². The first-order valence-electron chi connectivity index (χ1n) is 9.94. The fourth-order valence-corrected chi connectivity index (χ4v) is 3.86. The number of rotatable bonds is 5. The number of hydrogen-bond donors (Lipinski definition) is 1. The molecule has 1 N–H and O–H groups in total. The van der Waals surface area contributed by atoms with Crippen molar-refractivity contribution in [3.8, 4) is 0 Å². The molecule has 0 unspecified atom stereocenters. The van der Waals surface area contributed by atoms with Crippen LogP contribution in [-0.2, 0) is 12.7 Å². The summed E-state index contributed by atoms with van der Waals surface area (Å²) in [5, 5.41) is 11.3. The van der Waals surface area contributed by atoms with Crippen LogP contribution in [0, 0.1) is 0 Å². The van der Waals surface area contributed by atoms with Gasteiger partial charge in [-0.3, -0.25) is 9.48 Å². The molecule has 33 heavy (non-hydrogen) atoms. The van der Waals surface area contributed by atoms with E-state index in [0.29, 0.717) is 21.8 Å². The molecule has 0 spiro atoms. The summed E-state index contributed by atoms with van der Waals surface area (Å²) in [4.78, 5) is 17.2. The van der Waals surface area contributed by atoms with E-state index >= 15 is 0 Å². The molecule has 0 atom stereocenters. The van der Waals surface area contributed by atoms with E-state index in [9.17, 15) is 18.0 Å². The van der Waals surface area contributed by atoms with Gasteiger partial charge in [-0.05, 0) is 30.5 Å². The fraction of sp³-hybridized carbons (Fsp3) is 0.238. The lowest BCUT2D eigenvalue weighted by Crippen LogP contribution is -2.16. The second-order valence-electron chi connectivity index (χ2n) is 7.70. The lowest BCUT2D eigenvalue weighted by molar-refractivity contribution is -0.142. The van der Waals surface area contributed by atoms with Gasteiger partial charge in [0.1, 0.15) is 16.3 Å². The predicted molar refractivity (Wildman–Crippen MR) is 116 cm³/mol. The molecule has 0 aliphatic heterocycles. The lowest BCUT2D eigenvalue weighted by atomic mass is 10.2. The Hall–Kier alpha value is -3.11. The van der Waals surface area contributed by atoms with Gasteiger partial charge in [0.05, 0.1) is 12.7 Å². The Bertz CT molecular complexity index is 1380. The SMILES string of the molecule is O=C(Nc1nn(Cc2ccccc2Cl)cc1Cl)c1cnn2c(C(F)(F)F)cc(C3CC3)nc12. The van der Waals surface area contributed by atoms with Gasteiger partial charge in [0, 0.05) is 22.8 Å². The number of halogens is 5. The van der Waals surface area contributed by atoms with E-state index in [0.717, 1.165) is 30.7 Å². The van der Waals surface area contributed by atoms with Gasteiger partial charge in [0.2, 0.25) is 0 Å². The fourth-order valence-electron chi connectivity index (χ4n) is 3.47. The first kappa shape index (κ1) is 21.7. The number of amides is 1. The number of nitrogens with one attached hydrogen (secondary N) is 1.